The van der Waals surface area contributed by atoms with Gasteiger partial charge in [0.1, 0.15) is 5.82 Å². The predicted octanol–water partition coefficient (Wildman–Crippen LogP) is 3.49. The van der Waals surface area contributed by atoms with E-state index in [1.54, 1.807) is 24.4 Å². The van der Waals surface area contributed by atoms with Gasteiger partial charge in [-0.05, 0) is 49.8 Å². The Morgan fingerprint density at radius 1 is 1.14 bits per heavy atom. The third-order valence-electron chi connectivity index (χ3n) is 5.41. The summed E-state index contributed by atoms with van der Waals surface area (Å²) in [4.78, 5) is 30.8. The first-order valence-corrected chi connectivity index (χ1v) is 10.3. The Hall–Kier alpha value is -2.76. The summed E-state index contributed by atoms with van der Waals surface area (Å²) < 4.78 is 13.6. The van der Waals surface area contributed by atoms with Gasteiger partial charge >= 0.3 is 0 Å². The molecule has 1 atom stereocenters. The number of pyridine rings is 1. The van der Waals surface area contributed by atoms with Gasteiger partial charge in [-0.2, -0.15) is 0 Å². The Kier molecular flexibility index (Phi) is 7.73. The van der Waals surface area contributed by atoms with Crippen LogP contribution in [0, 0.1) is 11.7 Å². The molecule has 29 heavy (non-hydrogen) atoms. The first-order chi connectivity index (χ1) is 14.1. The lowest BCUT2D eigenvalue weighted by Gasteiger charge is -2.33. The van der Waals surface area contributed by atoms with Crippen molar-refractivity contribution in [3.05, 3.63) is 65.7 Å². The van der Waals surface area contributed by atoms with Gasteiger partial charge < -0.3 is 10.2 Å². The molecule has 1 saturated heterocycles. The number of rotatable bonds is 8. The van der Waals surface area contributed by atoms with Crippen LogP contribution >= 0.6 is 0 Å². The lowest BCUT2D eigenvalue weighted by atomic mass is 9.93. The fraction of sp³-hybridized carbons (Fsp3) is 0.435. The van der Waals surface area contributed by atoms with Gasteiger partial charge in [0.05, 0.1) is 0 Å². The molecule has 2 heterocycles. The van der Waals surface area contributed by atoms with Crippen molar-refractivity contribution in [3.8, 4) is 0 Å². The summed E-state index contributed by atoms with van der Waals surface area (Å²) in [6, 6.07) is 12.2. The van der Waals surface area contributed by atoms with Gasteiger partial charge in [-0.3, -0.25) is 14.6 Å². The topological polar surface area (TPSA) is 62.3 Å². The third-order valence-corrected chi connectivity index (χ3v) is 5.41. The fourth-order valence-electron chi connectivity index (χ4n) is 3.73. The standard InChI is InChI=1S/C23H28FN3O2/c24-21-9-2-1-7-19(21)16-26-22(28)12-10-18-6-5-15-27(17-18)23(29)13-11-20-8-3-4-14-25-20/h1-4,7-9,14,18H,5-6,10-13,15-17H2,(H,26,28)/t18-/m0/s1. The van der Waals surface area contributed by atoms with E-state index < -0.39 is 0 Å². The first-order valence-electron chi connectivity index (χ1n) is 10.3. The van der Waals surface area contributed by atoms with E-state index >= 15 is 0 Å². The number of benzene rings is 1. The van der Waals surface area contributed by atoms with Gasteiger partial charge in [0, 0.05) is 49.9 Å². The van der Waals surface area contributed by atoms with E-state index in [0.717, 1.165) is 31.5 Å². The average molecular weight is 397 g/mol. The molecule has 1 aliphatic heterocycles. The van der Waals surface area contributed by atoms with E-state index in [-0.39, 0.29) is 24.2 Å². The van der Waals surface area contributed by atoms with E-state index in [2.05, 4.69) is 10.3 Å². The molecule has 0 saturated carbocycles. The number of aromatic nitrogens is 1. The van der Waals surface area contributed by atoms with Gasteiger partial charge in [0.25, 0.3) is 0 Å². The zero-order valence-electron chi connectivity index (χ0n) is 16.6. The third kappa shape index (κ3) is 6.66. The molecule has 1 aromatic heterocycles. The van der Waals surface area contributed by atoms with Crippen LogP contribution in [0.2, 0.25) is 0 Å². The summed E-state index contributed by atoms with van der Waals surface area (Å²) in [6.45, 7) is 1.70. The number of carbonyl (C=O) groups is 2. The van der Waals surface area contributed by atoms with E-state index in [4.69, 9.17) is 0 Å². The van der Waals surface area contributed by atoms with Crippen LogP contribution in [0.25, 0.3) is 0 Å². The highest BCUT2D eigenvalue weighted by molar-refractivity contribution is 5.77. The zero-order valence-corrected chi connectivity index (χ0v) is 16.6. The smallest absolute Gasteiger partial charge is 0.222 e. The molecule has 0 spiro atoms. The number of amides is 2. The molecule has 5 nitrogen and oxygen atoms in total. The molecule has 0 bridgehead atoms. The van der Waals surface area contributed by atoms with Gasteiger partial charge in [0.15, 0.2) is 0 Å². The number of likely N-dealkylation sites (tertiary alicyclic amines) is 1. The second-order valence-electron chi connectivity index (χ2n) is 7.58. The van der Waals surface area contributed by atoms with Crippen molar-refractivity contribution >= 4 is 11.8 Å². The maximum atomic E-state index is 13.6. The van der Waals surface area contributed by atoms with Crippen molar-refractivity contribution in [1.82, 2.24) is 15.2 Å². The summed E-state index contributed by atoms with van der Waals surface area (Å²) in [6.07, 6.45) is 6.00. The molecule has 1 aliphatic rings. The minimum atomic E-state index is -0.306. The van der Waals surface area contributed by atoms with Crippen molar-refractivity contribution in [1.29, 1.82) is 0 Å². The van der Waals surface area contributed by atoms with Crippen LogP contribution in [0.3, 0.4) is 0 Å². The monoisotopic (exact) mass is 397 g/mol. The summed E-state index contributed by atoms with van der Waals surface area (Å²) in [5.41, 5.74) is 1.42. The van der Waals surface area contributed by atoms with Crippen molar-refractivity contribution in [2.45, 2.75) is 45.1 Å². The number of piperidine rings is 1. The van der Waals surface area contributed by atoms with Crippen LogP contribution in [-0.2, 0) is 22.6 Å². The molecule has 1 fully saturated rings. The highest BCUT2D eigenvalue weighted by Gasteiger charge is 2.24. The molecule has 0 radical (unpaired) electrons. The molecule has 1 aromatic carbocycles. The van der Waals surface area contributed by atoms with Crippen LogP contribution in [-0.4, -0.2) is 34.8 Å². The van der Waals surface area contributed by atoms with E-state index in [0.29, 0.717) is 37.3 Å². The Bertz CT molecular complexity index is 813. The van der Waals surface area contributed by atoms with Crippen molar-refractivity contribution in [3.63, 3.8) is 0 Å². The molecule has 0 unspecified atom stereocenters. The number of hydrogen-bond donors (Lipinski definition) is 1. The highest BCUT2D eigenvalue weighted by atomic mass is 19.1. The SMILES string of the molecule is O=C(CC[C@@H]1CCCN(C(=O)CCc2ccccn2)C1)NCc1ccccc1F. The van der Waals surface area contributed by atoms with Crippen molar-refractivity contribution < 1.29 is 14.0 Å². The quantitative estimate of drug-likeness (QED) is 0.742. The van der Waals surface area contributed by atoms with E-state index in [1.165, 1.54) is 6.07 Å². The molecule has 154 valence electrons. The maximum absolute atomic E-state index is 13.6. The summed E-state index contributed by atoms with van der Waals surface area (Å²) >= 11 is 0. The van der Waals surface area contributed by atoms with Gasteiger partial charge in [-0.15, -0.1) is 0 Å². The van der Waals surface area contributed by atoms with E-state index in [9.17, 15) is 14.0 Å². The van der Waals surface area contributed by atoms with Crippen molar-refractivity contribution in [2.24, 2.45) is 5.92 Å². The molecule has 2 aromatic rings. The van der Waals surface area contributed by atoms with Gasteiger partial charge in [-0.25, -0.2) is 4.39 Å². The molecule has 1 N–H and O–H groups in total. The lowest BCUT2D eigenvalue weighted by molar-refractivity contribution is -0.133. The normalized spacial score (nSPS) is 16.4. The Morgan fingerprint density at radius 2 is 1.97 bits per heavy atom. The second kappa shape index (κ2) is 10.7. The van der Waals surface area contributed by atoms with Gasteiger partial charge in [0.2, 0.25) is 11.8 Å². The van der Waals surface area contributed by atoms with Crippen LogP contribution in [0.4, 0.5) is 4.39 Å². The highest BCUT2D eigenvalue weighted by Crippen LogP contribution is 2.22. The van der Waals surface area contributed by atoms with Crippen LogP contribution in [0.5, 0.6) is 0 Å². The summed E-state index contributed by atoms with van der Waals surface area (Å²) in [5, 5.41) is 2.79. The van der Waals surface area contributed by atoms with Crippen LogP contribution in [0.15, 0.2) is 48.7 Å². The van der Waals surface area contributed by atoms with Crippen LogP contribution < -0.4 is 5.32 Å². The molecule has 3 rings (SSSR count). The Morgan fingerprint density at radius 3 is 2.76 bits per heavy atom. The second-order valence-corrected chi connectivity index (χ2v) is 7.58. The fourth-order valence-corrected chi connectivity index (χ4v) is 3.73. The zero-order chi connectivity index (χ0) is 20.5. The molecule has 6 heteroatoms. The Labute approximate surface area is 171 Å². The molecular weight excluding hydrogens is 369 g/mol. The minimum absolute atomic E-state index is 0.0770. The maximum Gasteiger partial charge on any atom is 0.222 e. The largest absolute Gasteiger partial charge is 0.352 e. The van der Waals surface area contributed by atoms with Crippen molar-refractivity contribution in [2.75, 3.05) is 13.1 Å². The number of nitrogens with one attached hydrogen (secondary N) is 1. The van der Waals surface area contributed by atoms with Gasteiger partial charge in [-0.1, -0.05) is 24.3 Å². The summed E-state index contributed by atoms with van der Waals surface area (Å²) in [7, 11) is 0. The molecule has 2 amide bonds. The average Bonchev–Trinajstić information content (AvgIpc) is 2.76. The number of nitrogens with zero attached hydrogens (tertiary/aromatic N) is 2. The molecule has 0 aliphatic carbocycles. The lowest BCUT2D eigenvalue weighted by Crippen LogP contribution is -2.40. The van der Waals surface area contributed by atoms with E-state index in [1.807, 2.05) is 23.1 Å². The van der Waals surface area contributed by atoms with Crippen LogP contribution in [0.1, 0.15) is 43.4 Å². The number of hydrogen-bond acceptors (Lipinski definition) is 3. The predicted molar refractivity (Wildman–Crippen MR) is 109 cm³/mol. The minimum Gasteiger partial charge on any atom is -0.352 e. The first kappa shape index (κ1) is 21.0. The number of carbonyl (C=O) groups excluding carboxylic acids is 2. The Balaban J connectivity index is 1.38. The molecular formula is C23H28FN3O2. The number of aryl methyl sites for hydroxylation is 1. The number of halogens is 1. The summed E-state index contributed by atoms with van der Waals surface area (Å²) in [5.74, 6) is 0.109.